The van der Waals surface area contributed by atoms with Crippen molar-refractivity contribution in [3.05, 3.63) is 47.8 Å². The van der Waals surface area contributed by atoms with Gasteiger partial charge in [0.25, 0.3) is 0 Å². The molecule has 0 bridgehead atoms. The summed E-state index contributed by atoms with van der Waals surface area (Å²) in [6.45, 7) is 4.38. The third-order valence-corrected chi connectivity index (χ3v) is 5.65. The smallest absolute Gasteiger partial charge is 0.414 e. The number of amides is 1. The average Bonchev–Trinajstić information content (AvgIpc) is 3.32. The fourth-order valence-electron chi connectivity index (χ4n) is 3.76. The number of anilines is 2. The molecule has 0 radical (unpaired) electrons. The van der Waals surface area contributed by atoms with E-state index in [0.29, 0.717) is 18.2 Å². The second kappa shape index (κ2) is 11.6. The van der Waals surface area contributed by atoms with Crippen molar-refractivity contribution in [2.75, 3.05) is 30.9 Å². The maximum absolute atomic E-state index is 11.9. The fourth-order valence-corrected chi connectivity index (χ4v) is 3.91. The third-order valence-electron chi connectivity index (χ3n) is 5.48. The molecule has 0 spiro atoms. The number of halogens is 1. The van der Waals surface area contributed by atoms with Crippen molar-refractivity contribution < 1.29 is 19.4 Å². The fraction of sp³-hybridized carbons (Fsp3) is 0.435. The van der Waals surface area contributed by atoms with E-state index in [-0.39, 0.29) is 23.7 Å². The highest BCUT2D eigenvalue weighted by Gasteiger charge is 2.26. The summed E-state index contributed by atoms with van der Waals surface area (Å²) in [7, 11) is 3.17. The Kier molecular flexibility index (Phi) is 8.64. The van der Waals surface area contributed by atoms with E-state index in [2.05, 4.69) is 26.8 Å². The third kappa shape index (κ3) is 6.80. The van der Waals surface area contributed by atoms with Crippen molar-refractivity contribution in [3.63, 3.8) is 0 Å². The lowest BCUT2D eigenvalue weighted by Gasteiger charge is -2.28. The van der Waals surface area contributed by atoms with Crippen molar-refractivity contribution in [2.45, 2.75) is 44.2 Å². The average molecular weight is 489 g/mol. The van der Waals surface area contributed by atoms with E-state index in [4.69, 9.17) is 16.3 Å². The molecule has 1 aromatic heterocycles. The van der Waals surface area contributed by atoms with Gasteiger partial charge in [0.2, 0.25) is 17.2 Å². The van der Waals surface area contributed by atoms with Gasteiger partial charge in [0.15, 0.2) is 0 Å². The molecule has 2 N–H and O–H groups in total. The number of aliphatic carboxylic acids is 1. The van der Waals surface area contributed by atoms with E-state index in [1.165, 1.54) is 4.90 Å². The van der Waals surface area contributed by atoms with E-state index in [0.717, 1.165) is 31.2 Å². The maximum atomic E-state index is 11.9. The van der Waals surface area contributed by atoms with Gasteiger partial charge in [0.05, 0.1) is 0 Å². The number of nitrogens with zero attached hydrogens (tertiary/aromatic N) is 5. The topological polar surface area (TPSA) is 121 Å². The molecule has 1 amide bonds. The number of rotatable bonds is 10. The summed E-state index contributed by atoms with van der Waals surface area (Å²) in [6.07, 6.45) is 5.75. The van der Waals surface area contributed by atoms with Crippen LogP contribution in [0.4, 0.5) is 16.7 Å². The quantitative estimate of drug-likeness (QED) is 0.483. The molecule has 182 valence electrons. The molecule has 2 aromatic rings. The Hall–Kier alpha value is -3.40. The lowest BCUT2D eigenvalue weighted by atomic mass is 10.1. The number of hydrogen-bond donors (Lipinski definition) is 2. The van der Waals surface area contributed by atoms with Crippen LogP contribution in [0.3, 0.4) is 0 Å². The van der Waals surface area contributed by atoms with Gasteiger partial charge in [-0.2, -0.15) is 15.0 Å². The van der Waals surface area contributed by atoms with Crippen LogP contribution in [0.5, 0.6) is 5.75 Å². The van der Waals surface area contributed by atoms with Gasteiger partial charge in [-0.25, -0.2) is 9.59 Å². The van der Waals surface area contributed by atoms with Crippen LogP contribution in [-0.4, -0.2) is 69.7 Å². The van der Waals surface area contributed by atoms with Crippen LogP contribution in [0.15, 0.2) is 36.9 Å². The first-order valence-corrected chi connectivity index (χ1v) is 11.4. The molecule has 1 aliphatic carbocycles. The summed E-state index contributed by atoms with van der Waals surface area (Å²) in [5.74, 6) is -0.221. The number of carboxylic acid groups (broad SMARTS) is 1. The van der Waals surface area contributed by atoms with E-state index >= 15 is 0 Å². The summed E-state index contributed by atoms with van der Waals surface area (Å²) < 4.78 is 5.19. The Morgan fingerprint density at radius 2 is 1.91 bits per heavy atom. The zero-order chi connectivity index (χ0) is 24.7. The highest BCUT2D eigenvalue weighted by molar-refractivity contribution is 6.28. The second-order valence-electron chi connectivity index (χ2n) is 8.25. The SMILES string of the molecule is C=CCN(c1nc(Cl)nc(N[C@@H](Cc2ccc(OC(=O)N(C)C)cc2)C(=O)O)n1)C1CCCC1. The van der Waals surface area contributed by atoms with Gasteiger partial charge < -0.3 is 25.0 Å². The van der Waals surface area contributed by atoms with E-state index < -0.39 is 18.1 Å². The number of carbonyl (C=O) groups is 2. The molecule has 0 saturated heterocycles. The van der Waals surface area contributed by atoms with Crippen molar-refractivity contribution in [1.82, 2.24) is 19.9 Å². The monoisotopic (exact) mass is 488 g/mol. The molecular formula is C23H29ClN6O4. The van der Waals surface area contributed by atoms with Crippen LogP contribution in [-0.2, 0) is 11.2 Å². The first-order chi connectivity index (χ1) is 16.3. The number of carboxylic acids is 1. The minimum atomic E-state index is -1.07. The summed E-state index contributed by atoms with van der Waals surface area (Å²) >= 11 is 6.16. The molecule has 1 saturated carbocycles. The zero-order valence-corrected chi connectivity index (χ0v) is 20.0. The molecule has 3 rings (SSSR count). The molecule has 34 heavy (non-hydrogen) atoms. The lowest BCUT2D eigenvalue weighted by molar-refractivity contribution is -0.137. The van der Waals surface area contributed by atoms with E-state index in [1.54, 1.807) is 44.4 Å². The molecular weight excluding hydrogens is 460 g/mol. The minimum absolute atomic E-state index is 0.0178. The zero-order valence-electron chi connectivity index (χ0n) is 19.3. The largest absolute Gasteiger partial charge is 0.480 e. The summed E-state index contributed by atoms with van der Waals surface area (Å²) in [5, 5.41) is 12.6. The lowest BCUT2D eigenvalue weighted by Crippen LogP contribution is -2.36. The minimum Gasteiger partial charge on any atom is -0.480 e. The van der Waals surface area contributed by atoms with Gasteiger partial charge in [-0.1, -0.05) is 31.1 Å². The standard InChI is InChI=1S/C23H29ClN6O4/c1-4-13-30(16-7-5-6-8-16)22-27-20(24)26-21(28-22)25-18(19(31)32)14-15-9-11-17(12-10-15)34-23(33)29(2)3/h4,9-12,16,18H,1,5-8,13-14H2,2-3H3,(H,31,32)(H,25,26,27,28)/t18-/m0/s1. The first-order valence-electron chi connectivity index (χ1n) is 11.0. The van der Waals surface area contributed by atoms with Crippen LogP contribution >= 0.6 is 11.6 Å². The van der Waals surface area contributed by atoms with Gasteiger partial charge in [0.1, 0.15) is 11.8 Å². The second-order valence-corrected chi connectivity index (χ2v) is 8.59. The van der Waals surface area contributed by atoms with Gasteiger partial charge in [-0.15, -0.1) is 6.58 Å². The van der Waals surface area contributed by atoms with Gasteiger partial charge in [0, 0.05) is 33.1 Å². The van der Waals surface area contributed by atoms with Gasteiger partial charge in [-0.3, -0.25) is 0 Å². The molecule has 1 aliphatic rings. The number of hydrogen-bond acceptors (Lipinski definition) is 8. The molecule has 1 heterocycles. The molecule has 1 fully saturated rings. The summed E-state index contributed by atoms with van der Waals surface area (Å²) in [6, 6.07) is 5.90. The van der Waals surface area contributed by atoms with E-state index in [1.807, 2.05) is 4.90 Å². The Bertz CT molecular complexity index is 1010. The predicted molar refractivity (Wildman–Crippen MR) is 130 cm³/mol. The van der Waals surface area contributed by atoms with Crippen molar-refractivity contribution >= 4 is 35.6 Å². The molecule has 11 heteroatoms. The van der Waals surface area contributed by atoms with Crippen LogP contribution in [0, 0.1) is 0 Å². The number of nitrogens with one attached hydrogen (secondary N) is 1. The maximum Gasteiger partial charge on any atom is 0.414 e. The Labute approximate surface area is 203 Å². The van der Waals surface area contributed by atoms with Crippen LogP contribution < -0.4 is 15.0 Å². The summed E-state index contributed by atoms with van der Waals surface area (Å²) in [5.41, 5.74) is 0.726. The summed E-state index contributed by atoms with van der Waals surface area (Å²) in [4.78, 5) is 39.8. The van der Waals surface area contributed by atoms with Crippen LogP contribution in [0.25, 0.3) is 0 Å². The van der Waals surface area contributed by atoms with Crippen molar-refractivity contribution in [1.29, 1.82) is 0 Å². The number of benzene rings is 1. The molecule has 0 unspecified atom stereocenters. The van der Waals surface area contributed by atoms with Gasteiger partial charge in [-0.05, 0) is 42.1 Å². The highest BCUT2D eigenvalue weighted by atomic mass is 35.5. The van der Waals surface area contributed by atoms with Crippen molar-refractivity contribution in [3.8, 4) is 5.75 Å². The van der Waals surface area contributed by atoms with Crippen molar-refractivity contribution in [2.24, 2.45) is 0 Å². The van der Waals surface area contributed by atoms with E-state index in [9.17, 15) is 14.7 Å². The van der Waals surface area contributed by atoms with Crippen LogP contribution in [0.2, 0.25) is 5.28 Å². The molecule has 1 atom stereocenters. The normalized spacial score (nSPS) is 14.3. The number of aromatic nitrogens is 3. The molecule has 1 aromatic carbocycles. The predicted octanol–water partition coefficient (Wildman–Crippen LogP) is 3.63. The molecule has 10 nitrogen and oxygen atoms in total. The number of ether oxygens (including phenoxy) is 1. The first kappa shape index (κ1) is 25.2. The van der Waals surface area contributed by atoms with Crippen LogP contribution in [0.1, 0.15) is 31.2 Å². The Morgan fingerprint density at radius 3 is 2.50 bits per heavy atom. The Morgan fingerprint density at radius 1 is 1.24 bits per heavy atom. The number of carbonyl (C=O) groups excluding carboxylic acids is 1. The van der Waals surface area contributed by atoms with Gasteiger partial charge >= 0.3 is 12.1 Å². The highest BCUT2D eigenvalue weighted by Crippen LogP contribution is 2.27. The Balaban J connectivity index is 1.74. The molecule has 0 aliphatic heterocycles.